The van der Waals surface area contributed by atoms with Gasteiger partial charge in [0.25, 0.3) is 0 Å². The maximum absolute atomic E-state index is 11.0. The number of hydrogen-bond acceptors (Lipinski definition) is 3. The summed E-state index contributed by atoms with van der Waals surface area (Å²) in [4.78, 5) is 20.4. The Morgan fingerprint density at radius 1 is 1.00 bits per heavy atom. The lowest BCUT2D eigenvalue weighted by molar-refractivity contribution is -0.272. The van der Waals surface area contributed by atoms with Crippen LogP contribution in [-0.4, -0.2) is 12.6 Å². The molecule has 0 aliphatic rings. The van der Waals surface area contributed by atoms with Crippen LogP contribution in [0.1, 0.15) is 58.8 Å². The van der Waals surface area contributed by atoms with Crippen LogP contribution in [0.25, 0.3) is 0 Å². The van der Waals surface area contributed by atoms with Crippen molar-refractivity contribution in [2.24, 2.45) is 0 Å². The zero-order valence-corrected chi connectivity index (χ0v) is 9.38. The van der Waals surface area contributed by atoms with E-state index >= 15 is 0 Å². The molecule has 3 heteroatoms. The van der Waals surface area contributed by atoms with Gasteiger partial charge in [-0.25, -0.2) is 4.79 Å². The maximum Gasteiger partial charge on any atom is 0.342 e. The van der Waals surface area contributed by atoms with Crippen LogP contribution in [0, 0.1) is 0 Å². The molecule has 0 bridgehead atoms. The number of carbonyl (C=O) groups is 1. The quantitative estimate of drug-likeness (QED) is 0.327. The van der Waals surface area contributed by atoms with E-state index in [1.54, 1.807) is 0 Å². The minimum absolute atomic E-state index is 0.241. The van der Waals surface area contributed by atoms with Crippen molar-refractivity contribution in [1.82, 2.24) is 0 Å². The maximum atomic E-state index is 11.0. The Morgan fingerprint density at radius 3 is 2.29 bits per heavy atom. The number of hydrogen-bond donors (Lipinski definition) is 0. The van der Waals surface area contributed by atoms with Crippen molar-refractivity contribution in [3.8, 4) is 0 Å². The second kappa shape index (κ2) is 10.5. The topological polar surface area (TPSA) is 35.5 Å². The first kappa shape index (κ1) is 13.4. The normalized spacial score (nSPS) is 10.1. The summed E-state index contributed by atoms with van der Waals surface area (Å²) >= 11 is 0. The fraction of sp³-hybridized carbons (Fsp3) is 0.909. The van der Waals surface area contributed by atoms with Crippen LogP contribution in [0.2, 0.25) is 0 Å². The Labute approximate surface area is 86.7 Å². The van der Waals surface area contributed by atoms with Crippen molar-refractivity contribution in [2.45, 2.75) is 58.8 Å². The third-order valence-corrected chi connectivity index (χ3v) is 1.97. The summed E-state index contributed by atoms with van der Waals surface area (Å²) in [5.41, 5.74) is 0. The molecule has 0 radical (unpaired) electrons. The summed E-state index contributed by atoms with van der Waals surface area (Å²) in [6, 6.07) is 0. The van der Waals surface area contributed by atoms with Gasteiger partial charge in [0.1, 0.15) is 0 Å². The van der Waals surface area contributed by atoms with Gasteiger partial charge in [0.15, 0.2) is 0 Å². The second-order valence-corrected chi connectivity index (χ2v) is 3.44. The zero-order chi connectivity index (χ0) is 10.6. The molecule has 14 heavy (non-hydrogen) atoms. The van der Waals surface area contributed by atoms with Gasteiger partial charge in [-0.15, -0.1) is 0 Å². The average Bonchev–Trinajstić information content (AvgIpc) is 2.18. The van der Waals surface area contributed by atoms with Crippen molar-refractivity contribution < 1.29 is 14.6 Å². The summed E-state index contributed by atoms with van der Waals surface area (Å²) < 4.78 is 0. The SMILES string of the molecule is CCCCCOOC(=O)CCCCC. The van der Waals surface area contributed by atoms with E-state index in [0.29, 0.717) is 13.0 Å². The van der Waals surface area contributed by atoms with Gasteiger partial charge in [0, 0.05) is 6.42 Å². The highest BCUT2D eigenvalue weighted by atomic mass is 17.2. The molecule has 0 atom stereocenters. The summed E-state index contributed by atoms with van der Waals surface area (Å²) in [5.74, 6) is -0.241. The molecule has 0 saturated carbocycles. The van der Waals surface area contributed by atoms with E-state index in [-0.39, 0.29) is 5.97 Å². The summed E-state index contributed by atoms with van der Waals surface area (Å²) in [6.07, 6.45) is 6.78. The molecule has 0 rings (SSSR count). The van der Waals surface area contributed by atoms with Gasteiger partial charge in [-0.1, -0.05) is 39.5 Å². The largest absolute Gasteiger partial charge is 0.342 e. The predicted octanol–water partition coefficient (Wildman–Crippen LogP) is 3.23. The lowest BCUT2D eigenvalue weighted by Crippen LogP contribution is -2.06. The summed E-state index contributed by atoms with van der Waals surface area (Å²) in [6.45, 7) is 4.75. The summed E-state index contributed by atoms with van der Waals surface area (Å²) in [5, 5.41) is 0. The van der Waals surface area contributed by atoms with Gasteiger partial charge in [-0.05, 0) is 12.8 Å². The van der Waals surface area contributed by atoms with Crippen molar-refractivity contribution in [3.05, 3.63) is 0 Å². The van der Waals surface area contributed by atoms with Gasteiger partial charge in [0.05, 0.1) is 6.61 Å². The highest BCUT2D eigenvalue weighted by molar-refractivity contribution is 5.68. The van der Waals surface area contributed by atoms with Gasteiger partial charge in [-0.3, -0.25) is 4.89 Å². The van der Waals surface area contributed by atoms with Crippen LogP contribution in [-0.2, 0) is 14.6 Å². The molecule has 0 fully saturated rings. The fourth-order valence-corrected chi connectivity index (χ4v) is 1.08. The minimum Gasteiger partial charge on any atom is -0.298 e. The van der Waals surface area contributed by atoms with Crippen LogP contribution < -0.4 is 0 Å². The Balaban J connectivity index is 3.10. The number of rotatable bonds is 9. The van der Waals surface area contributed by atoms with E-state index < -0.39 is 0 Å². The van der Waals surface area contributed by atoms with E-state index in [0.717, 1.165) is 38.5 Å². The molecule has 0 unspecified atom stereocenters. The van der Waals surface area contributed by atoms with Crippen LogP contribution in [0.5, 0.6) is 0 Å². The molecule has 0 heterocycles. The number of unbranched alkanes of at least 4 members (excludes halogenated alkanes) is 4. The zero-order valence-electron chi connectivity index (χ0n) is 9.38. The van der Waals surface area contributed by atoms with Gasteiger partial charge >= 0.3 is 5.97 Å². The van der Waals surface area contributed by atoms with Crippen LogP contribution in [0.3, 0.4) is 0 Å². The van der Waals surface area contributed by atoms with E-state index in [4.69, 9.17) is 4.89 Å². The van der Waals surface area contributed by atoms with E-state index in [1.165, 1.54) is 0 Å². The molecule has 0 aliphatic heterocycles. The number of carbonyl (C=O) groups excluding carboxylic acids is 1. The van der Waals surface area contributed by atoms with Crippen molar-refractivity contribution in [1.29, 1.82) is 0 Å². The predicted molar refractivity (Wildman–Crippen MR) is 55.7 cm³/mol. The smallest absolute Gasteiger partial charge is 0.298 e. The Morgan fingerprint density at radius 2 is 1.64 bits per heavy atom. The van der Waals surface area contributed by atoms with Crippen molar-refractivity contribution >= 4 is 5.97 Å². The highest BCUT2D eigenvalue weighted by Gasteiger charge is 2.02. The third-order valence-electron chi connectivity index (χ3n) is 1.97. The molecule has 3 nitrogen and oxygen atoms in total. The first-order valence-corrected chi connectivity index (χ1v) is 5.63. The molecule has 0 aromatic carbocycles. The van der Waals surface area contributed by atoms with Gasteiger partial charge < -0.3 is 0 Å². The molecule has 0 amide bonds. The Hall–Kier alpha value is -0.570. The van der Waals surface area contributed by atoms with Crippen molar-refractivity contribution in [2.75, 3.05) is 6.61 Å². The molecule has 0 spiro atoms. The molecule has 0 aliphatic carbocycles. The van der Waals surface area contributed by atoms with Crippen LogP contribution >= 0.6 is 0 Å². The van der Waals surface area contributed by atoms with Gasteiger partial charge in [-0.2, -0.15) is 4.89 Å². The molecule has 0 saturated heterocycles. The molecular formula is C11H22O3. The average molecular weight is 202 g/mol. The highest BCUT2D eigenvalue weighted by Crippen LogP contribution is 2.01. The third kappa shape index (κ3) is 9.52. The summed E-state index contributed by atoms with van der Waals surface area (Å²) in [7, 11) is 0. The molecule has 0 N–H and O–H groups in total. The van der Waals surface area contributed by atoms with Crippen LogP contribution in [0.15, 0.2) is 0 Å². The monoisotopic (exact) mass is 202 g/mol. The standard InChI is InChI=1S/C11H22O3/c1-3-5-7-9-11(12)14-13-10-8-6-4-2/h3-10H2,1-2H3. The first-order chi connectivity index (χ1) is 6.81. The lowest BCUT2D eigenvalue weighted by atomic mass is 10.2. The van der Waals surface area contributed by atoms with Gasteiger partial charge in [0.2, 0.25) is 0 Å². The second-order valence-electron chi connectivity index (χ2n) is 3.44. The Bertz CT molecular complexity index is 134. The lowest BCUT2D eigenvalue weighted by Gasteiger charge is -2.02. The van der Waals surface area contributed by atoms with E-state index in [1.807, 2.05) is 0 Å². The fourth-order valence-electron chi connectivity index (χ4n) is 1.08. The van der Waals surface area contributed by atoms with E-state index in [9.17, 15) is 4.79 Å². The molecule has 84 valence electrons. The molecular weight excluding hydrogens is 180 g/mol. The minimum atomic E-state index is -0.241. The van der Waals surface area contributed by atoms with Crippen LogP contribution in [0.4, 0.5) is 0 Å². The van der Waals surface area contributed by atoms with E-state index in [2.05, 4.69) is 18.7 Å². The van der Waals surface area contributed by atoms with Crippen molar-refractivity contribution in [3.63, 3.8) is 0 Å². The molecule has 0 aromatic rings. The molecule has 0 aromatic heterocycles. The first-order valence-electron chi connectivity index (χ1n) is 5.63. The Kier molecular flexibility index (Phi) is 10.1.